The normalized spacial score (nSPS) is 12.0. The Hall–Kier alpha value is -1.91. The molecule has 3 nitrogen and oxygen atoms in total. The van der Waals surface area contributed by atoms with Crippen molar-refractivity contribution in [2.75, 3.05) is 20.1 Å². The highest BCUT2D eigenvalue weighted by Gasteiger charge is 2.10. The molecule has 5 heteroatoms. The lowest BCUT2D eigenvalue weighted by molar-refractivity contribution is -0.885. The van der Waals surface area contributed by atoms with Crippen molar-refractivity contribution >= 4 is 17.5 Å². The van der Waals surface area contributed by atoms with Crippen LogP contribution in [0.2, 0.25) is 5.02 Å². The van der Waals surface area contributed by atoms with Gasteiger partial charge in [0.25, 0.3) is 5.91 Å². The zero-order valence-electron chi connectivity index (χ0n) is 13.1. The van der Waals surface area contributed by atoms with Crippen LogP contribution in [0, 0.1) is 5.82 Å². The van der Waals surface area contributed by atoms with Crippen LogP contribution in [-0.2, 0) is 17.8 Å². The predicted molar refractivity (Wildman–Crippen MR) is 90.0 cm³/mol. The van der Waals surface area contributed by atoms with Crippen LogP contribution >= 0.6 is 11.6 Å². The van der Waals surface area contributed by atoms with Gasteiger partial charge in [-0.15, -0.1) is 0 Å². The van der Waals surface area contributed by atoms with Gasteiger partial charge in [0.05, 0.1) is 7.05 Å². The summed E-state index contributed by atoms with van der Waals surface area (Å²) in [4.78, 5) is 13.0. The number of hydrogen-bond acceptors (Lipinski definition) is 1. The molecule has 0 heterocycles. The first-order valence-corrected chi connectivity index (χ1v) is 7.98. The Morgan fingerprint density at radius 1 is 1.17 bits per heavy atom. The Morgan fingerprint density at radius 2 is 1.87 bits per heavy atom. The molecule has 0 aliphatic carbocycles. The molecule has 2 rings (SSSR count). The molecular formula is C18H21ClFN2O+. The molecule has 1 unspecified atom stereocenters. The molecule has 0 saturated heterocycles. The van der Waals surface area contributed by atoms with Gasteiger partial charge in [-0.3, -0.25) is 4.79 Å². The molecule has 2 aromatic rings. The molecule has 0 aromatic heterocycles. The van der Waals surface area contributed by atoms with Crippen molar-refractivity contribution in [1.82, 2.24) is 5.32 Å². The fourth-order valence-electron chi connectivity index (χ4n) is 2.39. The second-order valence-corrected chi connectivity index (χ2v) is 6.06. The maximum atomic E-state index is 13.5. The van der Waals surface area contributed by atoms with Crippen LogP contribution in [0.3, 0.4) is 0 Å². The van der Waals surface area contributed by atoms with E-state index in [1.807, 2.05) is 31.3 Å². The minimum Gasteiger partial charge on any atom is -0.351 e. The van der Waals surface area contributed by atoms with Crippen LogP contribution in [0.1, 0.15) is 11.1 Å². The van der Waals surface area contributed by atoms with Crippen LogP contribution in [-0.4, -0.2) is 26.0 Å². The molecule has 0 aliphatic heterocycles. The van der Waals surface area contributed by atoms with Gasteiger partial charge in [-0.05, 0) is 30.2 Å². The summed E-state index contributed by atoms with van der Waals surface area (Å²) >= 11 is 5.85. The first-order valence-electron chi connectivity index (χ1n) is 7.60. The van der Waals surface area contributed by atoms with Gasteiger partial charge < -0.3 is 10.2 Å². The number of amides is 1. The second-order valence-electron chi connectivity index (χ2n) is 5.63. The summed E-state index contributed by atoms with van der Waals surface area (Å²) in [7, 11) is 1.96. The van der Waals surface area contributed by atoms with Gasteiger partial charge in [0.1, 0.15) is 12.4 Å². The Morgan fingerprint density at radius 3 is 2.57 bits per heavy atom. The Labute approximate surface area is 141 Å². The lowest BCUT2D eigenvalue weighted by Crippen LogP contribution is -3.08. The molecular weight excluding hydrogens is 315 g/mol. The second kappa shape index (κ2) is 8.65. The number of halogens is 2. The van der Waals surface area contributed by atoms with E-state index in [-0.39, 0.29) is 11.7 Å². The van der Waals surface area contributed by atoms with Gasteiger partial charge in [-0.1, -0.05) is 41.9 Å². The van der Waals surface area contributed by atoms with E-state index in [1.165, 1.54) is 6.07 Å². The third-order valence-electron chi connectivity index (χ3n) is 3.56. The molecule has 122 valence electrons. The van der Waals surface area contributed by atoms with Gasteiger partial charge in [-0.2, -0.15) is 0 Å². The van der Waals surface area contributed by atoms with Gasteiger partial charge in [0, 0.05) is 17.1 Å². The molecule has 2 N–H and O–H groups in total. The van der Waals surface area contributed by atoms with Crippen LogP contribution < -0.4 is 10.2 Å². The average Bonchev–Trinajstić information content (AvgIpc) is 2.51. The van der Waals surface area contributed by atoms with Crippen molar-refractivity contribution in [2.45, 2.75) is 13.0 Å². The quantitative estimate of drug-likeness (QED) is 0.795. The molecule has 2 aromatic carbocycles. The van der Waals surface area contributed by atoms with E-state index in [2.05, 4.69) is 5.32 Å². The average molecular weight is 336 g/mol. The third kappa shape index (κ3) is 6.00. The van der Waals surface area contributed by atoms with E-state index in [9.17, 15) is 9.18 Å². The molecule has 0 fully saturated rings. The van der Waals surface area contributed by atoms with E-state index in [0.717, 1.165) is 17.0 Å². The van der Waals surface area contributed by atoms with Crippen LogP contribution in [0.25, 0.3) is 0 Å². The fourth-order valence-corrected chi connectivity index (χ4v) is 2.51. The first kappa shape index (κ1) is 17.4. The van der Waals surface area contributed by atoms with Gasteiger partial charge in [0.2, 0.25) is 0 Å². The van der Waals surface area contributed by atoms with Gasteiger partial charge in [0.15, 0.2) is 6.54 Å². The summed E-state index contributed by atoms with van der Waals surface area (Å²) in [6, 6.07) is 14.2. The highest BCUT2D eigenvalue weighted by molar-refractivity contribution is 6.30. The molecule has 0 spiro atoms. The van der Waals surface area contributed by atoms with E-state index in [4.69, 9.17) is 11.6 Å². The lowest BCUT2D eigenvalue weighted by Gasteiger charge is -2.14. The summed E-state index contributed by atoms with van der Waals surface area (Å²) in [5.41, 5.74) is 1.75. The van der Waals surface area contributed by atoms with Crippen molar-refractivity contribution in [3.8, 4) is 0 Å². The van der Waals surface area contributed by atoms with Gasteiger partial charge in [-0.25, -0.2) is 4.39 Å². The molecule has 0 radical (unpaired) electrons. The van der Waals surface area contributed by atoms with Gasteiger partial charge >= 0.3 is 0 Å². The summed E-state index contributed by atoms with van der Waals surface area (Å²) in [5.74, 6) is -0.264. The number of nitrogens with one attached hydrogen (secondary N) is 2. The van der Waals surface area contributed by atoms with Crippen molar-refractivity contribution in [2.24, 2.45) is 0 Å². The summed E-state index contributed by atoms with van der Waals surface area (Å²) in [6.07, 6.45) is 0.495. The standard InChI is InChI=1S/C18H20ClFN2O/c1-22(12-14-6-8-16(19)9-7-14)13-18(23)21-11-10-15-4-2-3-5-17(15)20/h2-9H,10-13H2,1H3,(H,21,23)/p+1. The maximum absolute atomic E-state index is 13.5. The third-order valence-corrected chi connectivity index (χ3v) is 3.81. The maximum Gasteiger partial charge on any atom is 0.275 e. The largest absolute Gasteiger partial charge is 0.351 e. The zero-order chi connectivity index (χ0) is 16.7. The van der Waals surface area contributed by atoms with E-state index in [0.29, 0.717) is 30.1 Å². The number of carbonyl (C=O) groups is 1. The molecule has 1 amide bonds. The predicted octanol–water partition coefficient (Wildman–Crippen LogP) is 1.85. The number of carbonyl (C=O) groups excluding carboxylic acids is 1. The number of likely N-dealkylation sites (N-methyl/N-ethyl adjacent to an activating group) is 1. The number of benzene rings is 2. The lowest BCUT2D eigenvalue weighted by atomic mass is 10.1. The zero-order valence-corrected chi connectivity index (χ0v) is 13.9. The summed E-state index contributed by atoms with van der Waals surface area (Å²) in [6.45, 7) is 1.56. The monoisotopic (exact) mass is 335 g/mol. The fraction of sp³-hybridized carbons (Fsp3) is 0.278. The molecule has 1 atom stereocenters. The van der Waals surface area contributed by atoms with Crippen LogP contribution in [0.15, 0.2) is 48.5 Å². The van der Waals surface area contributed by atoms with Crippen LogP contribution in [0.5, 0.6) is 0 Å². The first-order chi connectivity index (χ1) is 11.0. The molecule has 0 saturated carbocycles. The highest BCUT2D eigenvalue weighted by Crippen LogP contribution is 2.08. The van der Waals surface area contributed by atoms with E-state index < -0.39 is 0 Å². The summed E-state index contributed by atoms with van der Waals surface area (Å²) < 4.78 is 13.5. The van der Waals surface area contributed by atoms with Crippen LogP contribution in [0.4, 0.5) is 4.39 Å². The number of rotatable bonds is 7. The minimum atomic E-state index is -0.229. The molecule has 0 bridgehead atoms. The van der Waals surface area contributed by atoms with E-state index in [1.54, 1.807) is 18.2 Å². The Balaban J connectivity index is 1.71. The van der Waals surface area contributed by atoms with Crippen molar-refractivity contribution in [3.05, 3.63) is 70.5 Å². The Kier molecular flexibility index (Phi) is 6.56. The Bertz CT molecular complexity index is 646. The van der Waals surface area contributed by atoms with Crippen molar-refractivity contribution < 1.29 is 14.1 Å². The minimum absolute atomic E-state index is 0.0344. The van der Waals surface area contributed by atoms with Crippen molar-refractivity contribution in [1.29, 1.82) is 0 Å². The topological polar surface area (TPSA) is 33.5 Å². The SMILES string of the molecule is C[NH+](CC(=O)NCCc1ccccc1F)Cc1ccc(Cl)cc1. The smallest absolute Gasteiger partial charge is 0.275 e. The highest BCUT2D eigenvalue weighted by atomic mass is 35.5. The molecule has 0 aliphatic rings. The van der Waals surface area contributed by atoms with Crippen molar-refractivity contribution in [3.63, 3.8) is 0 Å². The van der Waals surface area contributed by atoms with E-state index >= 15 is 0 Å². The number of hydrogen-bond donors (Lipinski definition) is 2. The summed E-state index contributed by atoms with van der Waals surface area (Å²) in [5, 5.41) is 3.54. The number of quaternary nitrogens is 1. The molecule has 23 heavy (non-hydrogen) atoms.